The van der Waals surface area contributed by atoms with E-state index in [1.807, 2.05) is 0 Å². The number of carbonyl (C=O) groups is 1. The minimum Gasteiger partial charge on any atom is -0.490 e. The molecule has 1 unspecified atom stereocenters. The monoisotopic (exact) mass is 241 g/mol. The molecule has 1 aliphatic rings. The number of aliphatic carboxylic acids is 1. The molecule has 0 amide bonds. The first-order chi connectivity index (χ1) is 8.11. The normalized spacial score (nSPS) is 16.1. The largest absolute Gasteiger partial charge is 0.490 e. The molecule has 0 bridgehead atoms. The third-order valence-corrected chi connectivity index (χ3v) is 2.48. The third kappa shape index (κ3) is 2.16. The number of halogens is 1. The second-order valence-electron chi connectivity index (χ2n) is 3.65. The first-order valence-corrected chi connectivity index (χ1v) is 5.17. The average Bonchev–Trinajstić information content (AvgIpc) is 2.53. The predicted molar refractivity (Wildman–Crippen MR) is 56.6 cm³/mol. The van der Waals surface area contributed by atoms with Gasteiger partial charge in [0.25, 0.3) is 0 Å². The number of hydrogen-bond donors (Lipinski definition) is 2. The van der Waals surface area contributed by atoms with Gasteiger partial charge in [0.05, 0.1) is 18.8 Å². The highest BCUT2D eigenvalue weighted by molar-refractivity contribution is 5.77. The Kier molecular flexibility index (Phi) is 3.14. The van der Waals surface area contributed by atoms with Crippen LogP contribution in [0.1, 0.15) is 18.0 Å². The maximum atomic E-state index is 13.6. The summed E-state index contributed by atoms with van der Waals surface area (Å²) in [6.45, 7) is 0.788. The van der Waals surface area contributed by atoms with Crippen LogP contribution in [-0.2, 0) is 4.79 Å². The van der Waals surface area contributed by atoms with Crippen LogP contribution in [-0.4, -0.2) is 24.3 Å². The Bertz CT molecular complexity index is 449. The molecule has 5 nitrogen and oxygen atoms in total. The van der Waals surface area contributed by atoms with Crippen LogP contribution in [0.3, 0.4) is 0 Å². The van der Waals surface area contributed by atoms with E-state index in [0.29, 0.717) is 25.4 Å². The quantitative estimate of drug-likeness (QED) is 0.809. The van der Waals surface area contributed by atoms with E-state index in [1.54, 1.807) is 0 Å². The van der Waals surface area contributed by atoms with Gasteiger partial charge in [-0.15, -0.1) is 0 Å². The van der Waals surface area contributed by atoms with E-state index in [9.17, 15) is 9.18 Å². The third-order valence-electron chi connectivity index (χ3n) is 2.48. The lowest BCUT2D eigenvalue weighted by Gasteiger charge is -2.15. The maximum Gasteiger partial charge on any atom is 0.325 e. The molecule has 17 heavy (non-hydrogen) atoms. The van der Waals surface area contributed by atoms with Gasteiger partial charge in [0.1, 0.15) is 11.9 Å². The molecule has 1 aromatic carbocycles. The number of benzene rings is 1. The fraction of sp³-hybridized carbons (Fsp3) is 0.364. The highest BCUT2D eigenvalue weighted by Crippen LogP contribution is 2.37. The van der Waals surface area contributed by atoms with E-state index in [1.165, 1.54) is 6.07 Å². The summed E-state index contributed by atoms with van der Waals surface area (Å²) in [7, 11) is 0. The molecule has 6 heteroatoms. The summed E-state index contributed by atoms with van der Waals surface area (Å²) < 4.78 is 24.3. The summed E-state index contributed by atoms with van der Waals surface area (Å²) in [6, 6.07) is 1.08. The molecule has 0 fully saturated rings. The lowest BCUT2D eigenvalue weighted by molar-refractivity contribution is -0.138. The van der Waals surface area contributed by atoms with Gasteiger partial charge in [0, 0.05) is 6.42 Å². The number of rotatable bonds is 2. The van der Waals surface area contributed by atoms with Crippen LogP contribution in [0.15, 0.2) is 12.1 Å². The lowest BCUT2D eigenvalue weighted by Crippen LogP contribution is -2.23. The van der Waals surface area contributed by atoms with Gasteiger partial charge in [-0.3, -0.25) is 4.79 Å². The summed E-state index contributed by atoms with van der Waals surface area (Å²) in [5.41, 5.74) is 5.27. The van der Waals surface area contributed by atoms with Crippen molar-refractivity contribution in [2.24, 2.45) is 5.73 Å². The van der Waals surface area contributed by atoms with Crippen LogP contribution in [0.5, 0.6) is 11.5 Å². The van der Waals surface area contributed by atoms with Crippen molar-refractivity contribution in [3.8, 4) is 11.5 Å². The minimum absolute atomic E-state index is 0.0948. The smallest absolute Gasteiger partial charge is 0.325 e. The van der Waals surface area contributed by atoms with Crippen molar-refractivity contribution in [2.75, 3.05) is 13.2 Å². The predicted octanol–water partition coefficient (Wildman–Crippen LogP) is 1.07. The molecule has 0 aliphatic carbocycles. The van der Waals surface area contributed by atoms with Crippen LogP contribution >= 0.6 is 0 Å². The van der Waals surface area contributed by atoms with E-state index in [2.05, 4.69) is 0 Å². The zero-order valence-electron chi connectivity index (χ0n) is 8.98. The van der Waals surface area contributed by atoms with Crippen molar-refractivity contribution >= 4 is 5.97 Å². The maximum absolute atomic E-state index is 13.6. The molecule has 1 aliphatic heterocycles. The molecule has 0 saturated heterocycles. The molecule has 0 spiro atoms. The van der Waals surface area contributed by atoms with Gasteiger partial charge in [0.2, 0.25) is 0 Å². The molecule has 0 saturated carbocycles. The van der Waals surface area contributed by atoms with Gasteiger partial charge >= 0.3 is 5.97 Å². The Morgan fingerprint density at radius 1 is 1.41 bits per heavy atom. The molecule has 3 N–H and O–H groups in total. The second kappa shape index (κ2) is 4.58. The van der Waals surface area contributed by atoms with Crippen LogP contribution in [0, 0.1) is 5.82 Å². The highest BCUT2D eigenvalue weighted by atomic mass is 19.1. The van der Waals surface area contributed by atoms with E-state index in [4.69, 9.17) is 20.3 Å². The minimum atomic E-state index is -1.47. The second-order valence-corrected chi connectivity index (χ2v) is 3.65. The van der Waals surface area contributed by atoms with Crippen LogP contribution in [0.25, 0.3) is 0 Å². The fourth-order valence-corrected chi connectivity index (χ4v) is 1.65. The molecular formula is C11H12FNO4. The van der Waals surface area contributed by atoms with Crippen LogP contribution < -0.4 is 15.2 Å². The molecule has 0 aromatic heterocycles. The van der Waals surface area contributed by atoms with Crippen LogP contribution in [0.2, 0.25) is 0 Å². The Morgan fingerprint density at radius 3 is 2.82 bits per heavy atom. The Morgan fingerprint density at radius 2 is 2.12 bits per heavy atom. The molecule has 0 radical (unpaired) electrons. The number of fused-ring (bicyclic) bond motifs is 1. The average molecular weight is 241 g/mol. The first kappa shape index (κ1) is 11.7. The number of carboxylic acids is 1. The van der Waals surface area contributed by atoms with Gasteiger partial charge in [-0.2, -0.15) is 0 Å². The molecule has 92 valence electrons. The fourth-order valence-electron chi connectivity index (χ4n) is 1.65. The Balaban J connectivity index is 2.52. The number of nitrogens with two attached hydrogens (primary N) is 1. The van der Waals surface area contributed by atoms with Gasteiger partial charge in [-0.1, -0.05) is 0 Å². The van der Waals surface area contributed by atoms with Gasteiger partial charge < -0.3 is 20.3 Å². The van der Waals surface area contributed by atoms with E-state index in [0.717, 1.165) is 6.07 Å². The molecule has 1 atom stereocenters. The summed E-state index contributed by atoms with van der Waals surface area (Å²) >= 11 is 0. The first-order valence-electron chi connectivity index (χ1n) is 5.17. The van der Waals surface area contributed by atoms with Crippen molar-refractivity contribution in [1.82, 2.24) is 0 Å². The van der Waals surface area contributed by atoms with Crippen LogP contribution in [0.4, 0.5) is 4.39 Å². The van der Waals surface area contributed by atoms with Crippen molar-refractivity contribution in [1.29, 1.82) is 0 Å². The summed E-state index contributed by atoms with van der Waals surface area (Å²) in [5, 5.41) is 8.84. The summed E-state index contributed by atoms with van der Waals surface area (Å²) in [6.07, 6.45) is 0.651. The van der Waals surface area contributed by atoms with Crippen molar-refractivity contribution in [2.45, 2.75) is 12.5 Å². The Labute approximate surface area is 96.9 Å². The van der Waals surface area contributed by atoms with Gasteiger partial charge in [-0.05, 0) is 12.1 Å². The van der Waals surface area contributed by atoms with Gasteiger partial charge in [0.15, 0.2) is 11.5 Å². The van der Waals surface area contributed by atoms with Gasteiger partial charge in [-0.25, -0.2) is 4.39 Å². The highest BCUT2D eigenvalue weighted by Gasteiger charge is 2.27. The van der Waals surface area contributed by atoms with E-state index in [-0.39, 0.29) is 11.3 Å². The SMILES string of the molecule is NC(C(=O)O)c1c(F)ccc2c1OCCCO2. The zero-order chi connectivity index (χ0) is 12.4. The number of carboxylic acid groups (broad SMARTS) is 1. The number of ether oxygens (including phenoxy) is 2. The van der Waals surface area contributed by atoms with E-state index >= 15 is 0 Å². The molecule has 1 aromatic rings. The topological polar surface area (TPSA) is 81.8 Å². The number of hydrogen-bond acceptors (Lipinski definition) is 4. The summed E-state index contributed by atoms with van der Waals surface area (Å²) in [4.78, 5) is 10.8. The summed E-state index contributed by atoms with van der Waals surface area (Å²) in [5.74, 6) is -1.60. The van der Waals surface area contributed by atoms with Crippen molar-refractivity contribution in [3.05, 3.63) is 23.5 Å². The molecule has 1 heterocycles. The van der Waals surface area contributed by atoms with Crippen molar-refractivity contribution < 1.29 is 23.8 Å². The standard InChI is InChI=1S/C11H12FNO4/c12-6-2-3-7-10(17-5-1-4-16-7)8(6)9(13)11(14)15/h2-3,9H,1,4-5,13H2,(H,14,15). The zero-order valence-corrected chi connectivity index (χ0v) is 8.98. The molecule has 2 rings (SSSR count). The lowest BCUT2D eigenvalue weighted by atomic mass is 10.1. The molecular weight excluding hydrogens is 229 g/mol. The Hall–Kier alpha value is -1.82. The van der Waals surface area contributed by atoms with Crippen molar-refractivity contribution in [3.63, 3.8) is 0 Å². The van der Waals surface area contributed by atoms with E-state index < -0.39 is 17.8 Å².